The summed E-state index contributed by atoms with van der Waals surface area (Å²) in [6.45, 7) is 0. The monoisotopic (exact) mass is 268 g/mol. The molecule has 0 spiro atoms. The molecule has 0 unspecified atom stereocenters. The summed E-state index contributed by atoms with van der Waals surface area (Å²) in [6.07, 6.45) is 3.82. The lowest BCUT2D eigenvalue weighted by atomic mass is 9.95. The van der Waals surface area contributed by atoms with E-state index in [1.54, 1.807) is 14.1 Å². The molecular formula is C12H16N2O3S. The fourth-order valence-electron chi connectivity index (χ4n) is 2.09. The molecule has 0 radical (unpaired) electrons. The minimum absolute atomic E-state index is 0.282. The zero-order valence-electron chi connectivity index (χ0n) is 10.4. The van der Waals surface area contributed by atoms with Gasteiger partial charge in [-0.1, -0.05) is 0 Å². The molecule has 0 saturated carbocycles. The van der Waals surface area contributed by atoms with Crippen LogP contribution >= 0.6 is 11.3 Å². The topological polar surface area (TPSA) is 69.6 Å². The highest BCUT2D eigenvalue weighted by atomic mass is 32.1. The van der Waals surface area contributed by atoms with Crippen LogP contribution in [-0.2, 0) is 12.8 Å². The Labute approximate surface area is 109 Å². The van der Waals surface area contributed by atoms with Crippen molar-refractivity contribution in [3.8, 4) is 0 Å². The summed E-state index contributed by atoms with van der Waals surface area (Å²) in [5, 5.41) is 12.4. The van der Waals surface area contributed by atoms with E-state index in [2.05, 4.69) is 5.32 Å². The number of carboxylic acid groups (broad SMARTS) is 1. The second kappa shape index (κ2) is 4.97. The molecule has 6 heteroatoms. The first kappa shape index (κ1) is 12.9. The van der Waals surface area contributed by atoms with Crippen molar-refractivity contribution in [1.29, 1.82) is 0 Å². The number of urea groups is 1. The van der Waals surface area contributed by atoms with Crippen molar-refractivity contribution in [1.82, 2.24) is 4.90 Å². The van der Waals surface area contributed by atoms with Crippen molar-refractivity contribution < 1.29 is 14.7 Å². The smallest absolute Gasteiger partial charge is 0.339 e. The standard InChI is InChI=1S/C12H16N2O3S/c1-14(2)12(17)13-10-9(11(15)16)7-5-3-4-6-8(7)18-10/h3-6H2,1-2H3,(H,13,17)(H,15,16). The van der Waals surface area contributed by atoms with E-state index in [-0.39, 0.29) is 11.6 Å². The summed E-state index contributed by atoms with van der Waals surface area (Å²) in [5.74, 6) is -0.955. The van der Waals surface area contributed by atoms with E-state index >= 15 is 0 Å². The molecule has 0 aliphatic heterocycles. The predicted octanol–water partition coefficient (Wildman–Crippen LogP) is 2.42. The van der Waals surface area contributed by atoms with Gasteiger partial charge >= 0.3 is 12.0 Å². The van der Waals surface area contributed by atoms with Gasteiger partial charge in [0.2, 0.25) is 0 Å². The number of amides is 2. The molecule has 1 aromatic heterocycles. The number of hydrogen-bond donors (Lipinski definition) is 2. The maximum atomic E-state index is 11.6. The van der Waals surface area contributed by atoms with Crippen LogP contribution < -0.4 is 5.32 Å². The van der Waals surface area contributed by atoms with Crippen LogP contribution in [0.25, 0.3) is 0 Å². The fourth-order valence-corrected chi connectivity index (χ4v) is 3.36. The molecular weight excluding hydrogens is 252 g/mol. The molecule has 2 amide bonds. The molecule has 98 valence electrons. The van der Waals surface area contributed by atoms with Crippen LogP contribution in [0, 0.1) is 0 Å². The minimum Gasteiger partial charge on any atom is -0.478 e. The van der Waals surface area contributed by atoms with Crippen LogP contribution in [0.2, 0.25) is 0 Å². The number of carboxylic acids is 1. The number of thiophene rings is 1. The molecule has 0 saturated heterocycles. The summed E-state index contributed by atoms with van der Waals surface area (Å²) in [7, 11) is 3.26. The van der Waals surface area contributed by atoms with Crippen molar-refractivity contribution in [2.24, 2.45) is 0 Å². The Bertz CT molecular complexity index is 494. The van der Waals surface area contributed by atoms with Gasteiger partial charge in [-0.15, -0.1) is 11.3 Å². The number of rotatable bonds is 2. The van der Waals surface area contributed by atoms with Gasteiger partial charge in [-0.05, 0) is 31.2 Å². The van der Waals surface area contributed by atoms with E-state index in [1.165, 1.54) is 16.2 Å². The van der Waals surface area contributed by atoms with Gasteiger partial charge in [0.1, 0.15) is 5.00 Å². The Morgan fingerprint density at radius 2 is 1.94 bits per heavy atom. The lowest BCUT2D eigenvalue weighted by Crippen LogP contribution is -2.27. The van der Waals surface area contributed by atoms with Crippen molar-refractivity contribution in [3.63, 3.8) is 0 Å². The van der Waals surface area contributed by atoms with Gasteiger partial charge in [-0.25, -0.2) is 9.59 Å². The summed E-state index contributed by atoms with van der Waals surface area (Å²) >= 11 is 1.40. The van der Waals surface area contributed by atoms with Crippen molar-refractivity contribution in [3.05, 3.63) is 16.0 Å². The fraction of sp³-hybridized carbons (Fsp3) is 0.500. The highest BCUT2D eigenvalue weighted by molar-refractivity contribution is 7.17. The Kier molecular flexibility index (Phi) is 3.56. The SMILES string of the molecule is CN(C)C(=O)Nc1sc2c(c1C(=O)O)CCCC2. The number of aryl methyl sites for hydroxylation is 1. The predicted molar refractivity (Wildman–Crippen MR) is 70.6 cm³/mol. The van der Waals surface area contributed by atoms with Gasteiger partial charge < -0.3 is 10.0 Å². The van der Waals surface area contributed by atoms with Gasteiger partial charge in [-0.3, -0.25) is 5.32 Å². The third-order valence-corrected chi connectivity index (χ3v) is 4.22. The Balaban J connectivity index is 2.37. The molecule has 0 atom stereocenters. The molecule has 0 aromatic carbocycles. The van der Waals surface area contributed by atoms with Crippen molar-refractivity contribution in [2.75, 3.05) is 19.4 Å². The van der Waals surface area contributed by atoms with Gasteiger partial charge in [0.25, 0.3) is 0 Å². The molecule has 1 heterocycles. The van der Waals surface area contributed by atoms with Crippen LogP contribution in [0.15, 0.2) is 0 Å². The third kappa shape index (κ3) is 2.33. The van der Waals surface area contributed by atoms with Crippen LogP contribution in [0.5, 0.6) is 0 Å². The van der Waals surface area contributed by atoms with E-state index in [0.29, 0.717) is 5.00 Å². The number of anilines is 1. The number of aromatic carboxylic acids is 1. The number of carbonyl (C=O) groups excluding carboxylic acids is 1. The number of fused-ring (bicyclic) bond motifs is 1. The first-order valence-electron chi connectivity index (χ1n) is 5.87. The minimum atomic E-state index is -0.955. The average Bonchev–Trinajstić information content (AvgIpc) is 2.66. The maximum absolute atomic E-state index is 11.6. The molecule has 2 N–H and O–H groups in total. The Morgan fingerprint density at radius 1 is 1.28 bits per heavy atom. The van der Waals surface area contributed by atoms with E-state index in [9.17, 15) is 14.7 Å². The number of nitrogens with zero attached hydrogens (tertiary/aromatic N) is 1. The molecule has 5 nitrogen and oxygen atoms in total. The molecule has 0 bridgehead atoms. The molecule has 0 fully saturated rings. The maximum Gasteiger partial charge on any atom is 0.339 e. The Morgan fingerprint density at radius 3 is 2.56 bits per heavy atom. The third-order valence-electron chi connectivity index (χ3n) is 3.01. The molecule has 2 rings (SSSR count). The first-order chi connectivity index (χ1) is 8.50. The van der Waals surface area contributed by atoms with Crippen molar-refractivity contribution in [2.45, 2.75) is 25.7 Å². The quantitative estimate of drug-likeness (QED) is 0.865. The lowest BCUT2D eigenvalue weighted by molar-refractivity contribution is 0.0697. The molecule has 1 aliphatic carbocycles. The van der Waals surface area contributed by atoms with Crippen LogP contribution in [-0.4, -0.2) is 36.1 Å². The molecule has 1 aromatic rings. The van der Waals surface area contributed by atoms with Gasteiger partial charge in [0, 0.05) is 19.0 Å². The lowest BCUT2D eigenvalue weighted by Gasteiger charge is -2.12. The van der Waals surface area contributed by atoms with Gasteiger partial charge in [0.05, 0.1) is 5.56 Å². The highest BCUT2D eigenvalue weighted by Crippen LogP contribution is 2.38. The van der Waals surface area contributed by atoms with E-state index in [0.717, 1.165) is 36.1 Å². The van der Waals surface area contributed by atoms with E-state index < -0.39 is 5.97 Å². The normalized spacial score (nSPS) is 13.9. The zero-order valence-corrected chi connectivity index (χ0v) is 11.3. The highest BCUT2D eigenvalue weighted by Gasteiger charge is 2.26. The average molecular weight is 268 g/mol. The molecule has 1 aliphatic rings. The second-order valence-corrected chi connectivity index (χ2v) is 5.65. The largest absolute Gasteiger partial charge is 0.478 e. The van der Waals surface area contributed by atoms with Gasteiger partial charge in [-0.2, -0.15) is 0 Å². The van der Waals surface area contributed by atoms with Crippen LogP contribution in [0.3, 0.4) is 0 Å². The zero-order chi connectivity index (χ0) is 13.3. The first-order valence-corrected chi connectivity index (χ1v) is 6.68. The van der Waals surface area contributed by atoms with E-state index in [4.69, 9.17) is 0 Å². The number of hydrogen-bond acceptors (Lipinski definition) is 3. The summed E-state index contributed by atoms with van der Waals surface area (Å²) in [6, 6.07) is -0.295. The van der Waals surface area contributed by atoms with E-state index in [1.807, 2.05) is 0 Å². The summed E-state index contributed by atoms with van der Waals surface area (Å²) in [5.41, 5.74) is 1.19. The van der Waals surface area contributed by atoms with Gasteiger partial charge in [0.15, 0.2) is 0 Å². The molecule has 18 heavy (non-hydrogen) atoms. The van der Waals surface area contributed by atoms with Crippen LogP contribution in [0.1, 0.15) is 33.6 Å². The summed E-state index contributed by atoms with van der Waals surface area (Å²) in [4.78, 5) is 25.5. The second-order valence-electron chi connectivity index (χ2n) is 4.54. The van der Waals surface area contributed by atoms with Crippen molar-refractivity contribution >= 4 is 28.3 Å². The summed E-state index contributed by atoms with van der Waals surface area (Å²) < 4.78 is 0. The Hall–Kier alpha value is -1.56. The number of nitrogens with one attached hydrogen (secondary N) is 1. The van der Waals surface area contributed by atoms with Crippen LogP contribution in [0.4, 0.5) is 9.80 Å². The number of carbonyl (C=O) groups is 2.